The molecule has 0 aliphatic carbocycles. The molecule has 1 heterocycles. The summed E-state index contributed by atoms with van der Waals surface area (Å²) in [5.74, 6) is -0.426. The smallest absolute Gasteiger partial charge is 0.339 e. The fraction of sp³-hybridized carbons (Fsp3) is 0.115. The van der Waals surface area contributed by atoms with E-state index >= 15 is 0 Å². The molecule has 1 aromatic heterocycles. The molecule has 0 fully saturated rings. The summed E-state index contributed by atoms with van der Waals surface area (Å²) in [7, 11) is -8.18. The van der Waals surface area contributed by atoms with E-state index < -0.39 is 26.0 Å². The van der Waals surface area contributed by atoms with Crippen LogP contribution in [0.1, 0.15) is 18.2 Å². The van der Waals surface area contributed by atoms with Crippen molar-refractivity contribution in [1.29, 1.82) is 0 Å². The first-order chi connectivity index (χ1) is 18.0. The first-order valence-corrected chi connectivity index (χ1v) is 14.1. The molecule has 0 saturated heterocycles. The zero-order valence-corrected chi connectivity index (χ0v) is 21.7. The van der Waals surface area contributed by atoms with Crippen LogP contribution in [0, 0.1) is 5.82 Å². The second-order valence-corrected chi connectivity index (χ2v) is 11.7. The van der Waals surface area contributed by atoms with Crippen LogP contribution in [0.15, 0.2) is 105 Å². The van der Waals surface area contributed by atoms with E-state index in [0.717, 1.165) is 24.3 Å². The highest BCUT2D eigenvalue weighted by Gasteiger charge is 2.26. The predicted octanol–water partition coefficient (Wildman–Crippen LogP) is 4.54. The van der Waals surface area contributed by atoms with Crippen LogP contribution in [0.25, 0.3) is 0 Å². The number of carbonyl (C=O) groups is 1. The summed E-state index contributed by atoms with van der Waals surface area (Å²) in [5.41, 5.74) is 1.02. The lowest BCUT2D eigenvalue weighted by molar-refractivity contribution is -0.114. The van der Waals surface area contributed by atoms with Crippen LogP contribution in [0.5, 0.6) is 5.75 Å². The number of nitrogens with zero attached hydrogens (tertiary/aromatic N) is 1. The van der Waals surface area contributed by atoms with Gasteiger partial charge in [-0.2, -0.15) is 12.7 Å². The molecule has 12 heteroatoms. The fourth-order valence-electron chi connectivity index (χ4n) is 3.49. The molecule has 1 N–H and O–H groups in total. The van der Waals surface area contributed by atoms with Crippen molar-refractivity contribution in [3.05, 3.63) is 108 Å². The van der Waals surface area contributed by atoms with E-state index in [4.69, 9.17) is 8.60 Å². The average Bonchev–Trinajstić information content (AvgIpc) is 3.38. The zero-order valence-electron chi connectivity index (χ0n) is 20.1. The molecule has 0 unspecified atom stereocenters. The van der Waals surface area contributed by atoms with Gasteiger partial charge in [0.2, 0.25) is 15.9 Å². The zero-order chi connectivity index (χ0) is 27.3. The van der Waals surface area contributed by atoms with Crippen molar-refractivity contribution in [2.24, 2.45) is 0 Å². The molecule has 0 aliphatic rings. The number of anilines is 1. The molecule has 4 aromatic rings. The Morgan fingerprint density at radius 3 is 2.08 bits per heavy atom. The number of amides is 1. The largest absolute Gasteiger partial charge is 0.468 e. The number of benzene rings is 3. The van der Waals surface area contributed by atoms with E-state index in [-0.39, 0.29) is 34.5 Å². The van der Waals surface area contributed by atoms with Gasteiger partial charge in [0.25, 0.3) is 0 Å². The predicted molar refractivity (Wildman–Crippen MR) is 137 cm³/mol. The van der Waals surface area contributed by atoms with E-state index in [2.05, 4.69) is 5.32 Å². The van der Waals surface area contributed by atoms with Crippen LogP contribution in [0.3, 0.4) is 0 Å². The van der Waals surface area contributed by atoms with Gasteiger partial charge in [-0.25, -0.2) is 12.8 Å². The summed E-state index contributed by atoms with van der Waals surface area (Å²) in [4.78, 5) is 11.1. The maximum Gasteiger partial charge on any atom is 0.339 e. The lowest BCUT2D eigenvalue weighted by Crippen LogP contribution is -2.30. The molecule has 1 amide bonds. The second kappa shape index (κ2) is 11.2. The first-order valence-electron chi connectivity index (χ1n) is 11.2. The lowest BCUT2D eigenvalue weighted by atomic mass is 10.2. The maximum atomic E-state index is 13.5. The van der Waals surface area contributed by atoms with Gasteiger partial charge in [-0.05, 0) is 78.4 Å². The van der Waals surface area contributed by atoms with Crippen LogP contribution < -0.4 is 9.50 Å². The summed E-state index contributed by atoms with van der Waals surface area (Å²) in [5, 5.41) is 2.59. The number of furan rings is 1. The molecule has 0 saturated carbocycles. The van der Waals surface area contributed by atoms with Gasteiger partial charge in [-0.3, -0.25) is 4.79 Å². The molecule has 0 atom stereocenters. The van der Waals surface area contributed by atoms with Gasteiger partial charge in [-0.1, -0.05) is 12.1 Å². The average molecular weight is 559 g/mol. The first kappa shape index (κ1) is 27.0. The Hall–Kier alpha value is -4.00. The summed E-state index contributed by atoms with van der Waals surface area (Å²) >= 11 is 0. The molecule has 0 bridgehead atoms. The van der Waals surface area contributed by atoms with Gasteiger partial charge in [-0.15, -0.1) is 0 Å². The molecule has 38 heavy (non-hydrogen) atoms. The fourth-order valence-corrected chi connectivity index (χ4v) is 5.82. The summed E-state index contributed by atoms with van der Waals surface area (Å²) in [6, 6.07) is 19.2. The molecule has 9 nitrogen and oxygen atoms in total. The molecule has 4 rings (SSSR count). The monoisotopic (exact) mass is 558 g/mol. The van der Waals surface area contributed by atoms with Crippen molar-refractivity contribution in [2.45, 2.75) is 29.8 Å². The van der Waals surface area contributed by atoms with Crippen LogP contribution >= 0.6 is 0 Å². The number of hydrogen-bond acceptors (Lipinski definition) is 7. The van der Waals surface area contributed by atoms with Gasteiger partial charge >= 0.3 is 10.1 Å². The quantitative estimate of drug-likeness (QED) is 0.284. The standard InChI is InChI=1S/C26H23FN2O7S2/c1-19(30)28-22-8-14-25(15-9-22)37(31,32)29(18-24-3-2-16-35-24)17-20-4-10-23(11-5-20)36-38(33,34)26-12-6-21(27)7-13-26/h2-16H,17-18H2,1H3,(H,28,30). The maximum absolute atomic E-state index is 13.5. The van der Waals surface area contributed by atoms with Gasteiger partial charge in [0.05, 0.1) is 17.7 Å². The Kier molecular flexibility index (Phi) is 7.95. The molecule has 3 aromatic carbocycles. The van der Waals surface area contributed by atoms with Crippen molar-refractivity contribution in [3.8, 4) is 5.75 Å². The molecular formula is C26H23FN2O7S2. The van der Waals surface area contributed by atoms with Crippen molar-refractivity contribution < 1.29 is 34.6 Å². The van der Waals surface area contributed by atoms with Crippen molar-refractivity contribution in [2.75, 3.05) is 5.32 Å². The van der Waals surface area contributed by atoms with Crippen molar-refractivity contribution >= 4 is 31.7 Å². The molecule has 0 spiro atoms. The van der Waals surface area contributed by atoms with E-state index in [9.17, 15) is 26.0 Å². The van der Waals surface area contributed by atoms with E-state index in [1.54, 1.807) is 24.3 Å². The van der Waals surface area contributed by atoms with Gasteiger partial charge in [0.15, 0.2) is 0 Å². The van der Waals surface area contributed by atoms with Crippen LogP contribution in [-0.4, -0.2) is 27.0 Å². The Balaban J connectivity index is 1.55. The third-order valence-electron chi connectivity index (χ3n) is 5.32. The number of carbonyl (C=O) groups excluding carboxylic acids is 1. The third kappa shape index (κ3) is 6.65. The summed E-state index contributed by atoms with van der Waals surface area (Å²) in [6.07, 6.45) is 1.44. The minimum atomic E-state index is -4.18. The molecule has 0 aliphatic heterocycles. The SMILES string of the molecule is CC(=O)Nc1ccc(S(=O)(=O)N(Cc2ccc(OS(=O)(=O)c3ccc(F)cc3)cc2)Cc2ccco2)cc1. The van der Waals surface area contributed by atoms with E-state index in [1.807, 2.05) is 0 Å². The number of hydrogen-bond donors (Lipinski definition) is 1. The molecular weight excluding hydrogens is 535 g/mol. The van der Waals surface area contributed by atoms with E-state index in [0.29, 0.717) is 17.0 Å². The van der Waals surface area contributed by atoms with Crippen LogP contribution in [0.2, 0.25) is 0 Å². The van der Waals surface area contributed by atoms with E-state index in [1.165, 1.54) is 53.9 Å². The number of rotatable bonds is 10. The van der Waals surface area contributed by atoms with Crippen molar-refractivity contribution in [1.82, 2.24) is 4.31 Å². The highest BCUT2D eigenvalue weighted by atomic mass is 32.2. The highest BCUT2D eigenvalue weighted by Crippen LogP contribution is 2.25. The van der Waals surface area contributed by atoms with Gasteiger partial charge < -0.3 is 13.9 Å². The summed E-state index contributed by atoms with van der Waals surface area (Å²) < 4.78 is 76.7. The van der Waals surface area contributed by atoms with Crippen LogP contribution in [0.4, 0.5) is 10.1 Å². The molecule has 0 radical (unpaired) electrons. The Labute approximate surface area is 219 Å². The number of sulfonamides is 1. The topological polar surface area (TPSA) is 123 Å². The lowest BCUT2D eigenvalue weighted by Gasteiger charge is -2.22. The Bertz CT molecular complexity index is 1600. The van der Waals surface area contributed by atoms with Crippen molar-refractivity contribution in [3.63, 3.8) is 0 Å². The third-order valence-corrected chi connectivity index (χ3v) is 8.38. The minimum Gasteiger partial charge on any atom is -0.468 e. The normalized spacial score (nSPS) is 11.9. The Morgan fingerprint density at radius 2 is 1.50 bits per heavy atom. The van der Waals surface area contributed by atoms with Gasteiger partial charge in [0, 0.05) is 19.2 Å². The molecule has 198 valence electrons. The van der Waals surface area contributed by atoms with Gasteiger partial charge in [0.1, 0.15) is 22.2 Å². The highest BCUT2D eigenvalue weighted by molar-refractivity contribution is 7.89. The number of nitrogens with one attached hydrogen (secondary N) is 1. The minimum absolute atomic E-state index is 0.00655. The Morgan fingerprint density at radius 1 is 0.868 bits per heavy atom. The summed E-state index contributed by atoms with van der Waals surface area (Å²) in [6.45, 7) is 1.24. The van der Waals surface area contributed by atoms with Crippen LogP contribution in [-0.2, 0) is 38.0 Å². The number of halogens is 1. The second-order valence-electron chi connectivity index (χ2n) is 8.19.